The predicted octanol–water partition coefficient (Wildman–Crippen LogP) is 0.637. The first-order valence-corrected chi connectivity index (χ1v) is 7.08. The number of hydrogen-bond acceptors (Lipinski definition) is 3. The lowest BCUT2D eigenvalue weighted by atomic mass is 10.1. The Kier molecular flexibility index (Phi) is 7.45. The molecule has 0 radical (unpaired) electrons. The largest absolute Gasteiger partial charge is 0.480 e. The van der Waals surface area contributed by atoms with Crippen molar-refractivity contribution in [1.29, 1.82) is 0 Å². The summed E-state index contributed by atoms with van der Waals surface area (Å²) in [6.45, 7) is 0.398. The van der Waals surface area contributed by atoms with Gasteiger partial charge in [0, 0.05) is 19.4 Å². The molecule has 7 heteroatoms. The van der Waals surface area contributed by atoms with Crippen LogP contribution in [0.5, 0.6) is 0 Å². The number of hydrogen-bond donors (Lipinski definition) is 4. The molecule has 1 aromatic carbocycles. The van der Waals surface area contributed by atoms with Crippen molar-refractivity contribution in [2.45, 2.75) is 31.7 Å². The molecule has 0 heterocycles. The van der Waals surface area contributed by atoms with Gasteiger partial charge in [0.25, 0.3) is 0 Å². The van der Waals surface area contributed by atoms with Gasteiger partial charge in [-0.2, -0.15) is 0 Å². The Morgan fingerprint density at radius 3 is 2.41 bits per heavy atom. The van der Waals surface area contributed by atoms with Crippen LogP contribution in [0.25, 0.3) is 0 Å². The molecule has 7 nitrogen and oxygen atoms in total. The second kappa shape index (κ2) is 9.38. The van der Waals surface area contributed by atoms with Crippen molar-refractivity contribution in [1.82, 2.24) is 10.6 Å². The Morgan fingerprint density at radius 1 is 1.14 bits per heavy atom. The second-order valence-corrected chi connectivity index (χ2v) is 4.90. The quantitative estimate of drug-likeness (QED) is 0.500. The highest BCUT2D eigenvalue weighted by Crippen LogP contribution is 2.04. The predicted molar refractivity (Wildman–Crippen MR) is 81.1 cm³/mol. The van der Waals surface area contributed by atoms with Crippen molar-refractivity contribution in [2.75, 3.05) is 6.54 Å². The van der Waals surface area contributed by atoms with Crippen LogP contribution in [0.15, 0.2) is 30.3 Å². The Balaban J connectivity index is 2.35. The number of nitrogens with one attached hydrogen (secondary N) is 2. The Labute approximate surface area is 128 Å². The van der Waals surface area contributed by atoms with Gasteiger partial charge in [0.1, 0.15) is 6.04 Å². The number of rotatable bonds is 9. The SMILES string of the molecule is NC(=O)NCCCCC(=O)N[C@H](Cc1ccccc1)C(=O)O. The minimum Gasteiger partial charge on any atom is -0.480 e. The summed E-state index contributed by atoms with van der Waals surface area (Å²) in [5.74, 6) is -1.38. The summed E-state index contributed by atoms with van der Waals surface area (Å²) in [5, 5.41) is 14.1. The van der Waals surface area contributed by atoms with Crippen molar-refractivity contribution >= 4 is 17.9 Å². The summed E-state index contributed by atoms with van der Waals surface area (Å²) in [5.41, 5.74) is 5.76. The van der Waals surface area contributed by atoms with Gasteiger partial charge in [-0.1, -0.05) is 30.3 Å². The zero-order chi connectivity index (χ0) is 16.4. The number of urea groups is 1. The topological polar surface area (TPSA) is 122 Å². The number of nitrogens with two attached hydrogens (primary N) is 1. The van der Waals surface area contributed by atoms with E-state index in [-0.39, 0.29) is 18.7 Å². The molecule has 3 amide bonds. The van der Waals surface area contributed by atoms with Gasteiger partial charge in [0.15, 0.2) is 0 Å². The molecule has 1 atom stereocenters. The van der Waals surface area contributed by atoms with Crippen molar-refractivity contribution in [3.8, 4) is 0 Å². The van der Waals surface area contributed by atoms with E-state index in [2.05, 4.69) is 10.6 Å². The van der Waals surface area contributed by atoms with Crippen LogP contribution in [-0.2, 0) is 16.0 Å². The molecule has 0 fully saturated rings. The molecule has 5 N–H and O–H groups in total. The summed E-state index contributed by atoms with van der Waals surface area (Å²) >= 11 is 0. The molecule has 1 aromatic rings. The number of benzene rings is 1. The first-order chi connectivity index (χ1) is 10.5. The zero-order valence-electron chi connectivity index (χ0n) is 12.2. The monoisotopic (exact) mass is 307 g/mol. The van der Waals surface area contributed by atoms with Gasteiger partial charge in [0.05, 0.1) is 0 Å². The van der Waals surface area contributed by atoms with Gasteiger partial charge in [-0.15, -0.1) is 0 Å². The van der Waals surface area contributed by atoms with E-state index in [9.17, 15) is 19.5 Å². The van der Waals surface area contributed by atoms with Crippen LogP contribution >= 0.6 is 0 Å². The van der Waals surface area contributed by atoms with E-state index in [1.165, 1.54) is 0 Å². The Bertz CT molecular complexity index is 505. The molecule has 120 valence electrons. The smallest absolute Gasteiger partial charge is 0.326 e. The number of aliphatic carboxylic acids is 1. The average Bonchev–Trinajstić information content (AvgIpc) is 2.47. The average molecular weight is 307 g/mol. The highest BCUT2D eigenvalue weighted by molar-refractivity contribution is 5.83. The maximum atomic E-state index is 11.8. The minimum absolute atomic E-state index is 0.207. The molecule has 0 saturated carbocycles. The van der Waals surface area contributed by atoms with Crippen LogP contribution in [0.4, 0.5) is 4.79 Å². The summed E-state index contributed by atoms with van der Waals surface area (Å²) in [6.07, 6.45) is 1.60. The zero-order valence-corrected chi connectivity index (χ0v) is 12.2. The molecule has 0 aliphatic carbocycles. The molecule has 0 unspecified atom stereocenters. The van der Waals surface area contributed by atoms with Gasteiger partial charge >= 0.3 is 12.0 Å². The highest BCUT2D eigenvalue weighted by atomic mass is 16.4. The fourth-order valence-electron chi connectivity index (χ4n) is 1.94. The molecule has 0 aliphatic rings. The van der Waals surface area contributed by atoms with E-state index >= 15 is 0 Å². The van der Waals surface area contributed by atoms with Crippen LogP contribution in [0, 0.1) is 0 Å². The van der Waals surface area contributed by atoms with Crippen LogP contribution in [0.2, 0.25) is 0 Å². The molecule has 0 saturated heterocycles. The van der Waals surface area contributed by atoms with Crippen LogP contribution in [-0.4, -0.2) is 35.6 Å². The first kappa shape index (κ1) is 17.5. The van der Waals surface area contributed by atoms with Crippen LogP contribution < -0.4 is 16.4 Å². The van der Waals surface area contributed by atoms with Crippen molar-refractivity contribution in [3.63, 3.8) is 0 Å². The van der Waals surface area contributed by atoms with E-state index < -0.39 is 18.0 Å². The van der Waals surface area contributed by atoms with Gasteiger partial charge in [-0.3, -0.25) is 4.79 Å². The lowest BCUT2D eigenvalue weighted by molar-refractivity contribution is -0.141. The Morgan fingerprint density at radius 2 is 1.82 bits per heavy atom. The highest BCUT2D eigenvalue weighted by Gasteiger charge is 2.19. The van der Waals surface area contributed by atoms with E-state index in [0.29, 0.717) is 19.4 Å². The van der Waals surface area contributed by atoms with E-state index in [0.717, 1.165) is 5.56 Å². The first-order valence-electron chi connectivity index (χ1n) is 7.08. The second-order valence-electron chi connectivity index (χ2n) is 4.90. The third kappa shape index (κ3) is 7.28. The number of carbonyl (C=O) groups is 3. The van der Waals surface area contributed by atoms with Crippen molar-refractivity contribution in [3.05, 3.63) is 35.9 Å². The van der Waals surface area contributed by atoms with Gasteiger partial charge in [-0.25, -0.2) is 9.59 Å². The minimum atomic E-state index is -1.06. The number of carboxylic acids is 1. The lowest BCUT2D eigenvalue weighted by Gasteiger charge is -2.14. The van der Waals surface area contributed by atoms with Crippen LogP contribution in [0.1, 0.15) is 24.8 Å². The lowest BCUT2D eigenvalue weighted by Crippen LogP contribution is -2.42. The summed E-state index contributed by atoms with van der Waals surface area (Å²) < 4.78 is 0. The molecule has 22 heavy (non-hydrogen) atoms. The van der Waals surface area contributed by atoms with Crippen molar-refractivity contribution < 1.29 is 19.5 Å². The molecule has 0 aliphatic heterocycles. The number of carbonyl (C=O) groups excluding carboxylic acids is 2. The summed E-state index contributed by atoms with van der Waals surface area (Å²) in [7, 11) is 0. The fraction of sp³-hybridized carbons (Fsp3) is 0.400. The van der Waals surface area contributed by atoms with Gasteiger partial charge < -0.3 is 21.5 Å². The maximum Gasteiger partial charge on any atom is 0.326 e. The number of primary amides is 1. The summed E-state index contributed by atoms with van der Waals surface area (Å²) in [6, 6.07) is 7.58. The normalized spacial score (nSPS) is 11.5. The molecule has 1 rings (SSSR count). The summed E-state index contributed by atoms with van der Waals surface area (Å²) in [4.78, 5) is 33.4. The number of amides is 3. The molecule has 0 spiro atoms. The standard InChI is InChI=1S/C15H21N3O4/c16-15(22)17-9-5-4-8-13(19)18-12(14(20)21)10-11-6-2-1-3-7-11/h1-3,6-7,12H,4-5,8-10H2,(H,18,19)(H,20,21)(H3,16,17,22)/t12-/m1/s1. The molecular formula is C15H21N3O4. The van der Waals surface area contributed by atoms with Gasteiger partial charge in [-0.05, 0) is 18.4 Å². The maximum absolute atomic E-state index is 11.8. The Hall–Kier alpha value is -2.57. The number of unbranched alkanes of at least 4 members (excludes halogenated alkanes) is 1. The van der Waals surface area contributed by atoms with Gasteiger partial charge in [0.2, 0.25) is 5.91 Å². The van der Waals surface area contributed by atoms with E-state index in [1.54, 1.807) is 0 Å². The molecular weight excluding hydrogens is 286 g/mol. The molecule has 0 aromatic heterocycles. The van der Waals surface area contributed by atoms with E-state index in [1.807, 2.05) is 30.3 Å². The van der Waals surface area contributed by atoms with Crippen LogP contribution in [0.3, 0.4) is 0 Å². The number of carboxylic acid groups (broad SMARTS) is 1. The van der Waals surface area contributed by atoms with E-state index in [4.69, 9.17) is 5.73 Å². The van der Waals surface area contributed by atoms with Crippen molar-refractivity contribution in [2.24, 2.45) is 5.73 Å². The third-order valence-corrected chi connectivity index (χ3v) is 3.05. The molecule has 0 bridgehead atoms. The fourth-order valence-corrected chi connectivity index (χ4v) is 1.94. The third-order valence-electron chi connectivity index (χ3n) is 3.05.